The fourth-order valence-electron chi connectivity index (χ4n) is 3.21. The van der Waals surface area contributed by atoms with Gasteiger partial charge in [-0.25, -0.2) is 9.78 Å². The smallest absolute Gasteiger partial charge is 0.495 e. The van der Waals surface area contributed by atoms with Gasteiger partial charge in [-0.3, -0.25) is 0 Å². The normalized spacial score (nSPS) is 18.7. The summed E-state index contributed by atoms with van der Waals surface area (Å²) in [5.74, 6) is 0.124. The topological polar surface area (TPSA) is 94.6 Å². The fraction of sp³-hybridized carbons (Fsp3) is 0.421. The number of urea groups is 1. The third-order valence-corrected chi connectivity index (χ3v) is 4.73. The summed E-state index contributed by atoms with van der Waals surface area (Å²) >= 11 is 5.74. The summed E-state index contributed by atoms with van der Waals surface area (Å²) in [4.78, 5) is 20.1. The predicted molar refractivity (Wildman–Crippen MR) is 106 cm³/mol. The van der Waals surface area contributed by atoms with E-state index in [-0.39, 0.29) is 28.9 Å². The highest BCUT2D eigenvalue weighted by Gasteiger charge is 2.31. The second kappa shape index (κ2) is 9.90. The molecule has 1 fully saturated rings. The van der Waals surface area contributed by atoms with E-state index < -0.39 is 18.1 Å². The number of nitrogens with one attached hydrogen (secondary N) is 2. The number of aromatic nitrogens is 2. The van der Waals surface area contributed by atoms with Gasteiger partial charge in [0.15, 0.2) is 0 Å². The molecule has 0 radical (unpaired) electrons. The van der Waals surface area contributed by atoms with E-state index in [1.807, 2.05) is 0 Å². The van der Waals surface area contributed by atoms with Crippen LogP contribution < -0.4 is 24.8 Å². The molecular weight excluding hydrogens is 441 g/mol. The van der Waals surface area contributed by atoms with Crippen LogP contribution in [0.4, 0.5) is 23.7 Å². The summed E-state index contributed by atoms with van der Waals surface area (Å²) in [5.41, 5.74) is 0.0550. The molecule has 0 unspecified atom stereocenters. The number of halogens is 4. The summed E-state index contributed by atoms with van der Waals surface area (Å²) < 4.78 is 52.1. The maximum atomic E-state index is 12.4. The van der Waals surface area contributed by atoms with Gasteiger partial charge in [-0.2, -0.15) is 4.98 Å². The summed E-state index contributed by atoms with van der Waals surface area (Å²) in [6.45, 7) is 0. The Bertz CT molecular complexity index is 908. The molecule has 1 saturated carbocycles. The highest BCUT2D eigenvalue weighted by molar-refractivity contribution is 6.28. The van der Waals surface area contributed by atoms with Crippen molar-refractivity contribution in [3.63, 3.8) is 0 Å². The number of amides is 2. The quantitative estimate of drug-likeness (QED) is 0.614. The van der Waals surface area contributed by atoms with Crippen LogP contribution in [-0.2, 0) is 0 Å². The molecule has 0 aliphatic heterocycles. The Balaban J connectivity index is 1.51. The Labute approximate surface area is 181 Å². The van der Waals surface area contributed by atoms with Gasteiger partial charge in [0.2, 0.25) is 11.2 Å². The lowest BCUT2D eigenvalue weighted by molar-refractivity contribution is -0.274. The molecule has 8 nitrogen and oxygen atoms in total. The lowest BCUT2D eigenvalue weighted by atomic mass is 9.93. The molecule has 1 heterocycles. The summed E-state index contributed by atoms with van der Waals surface area (Å²) in [6, 6.07) is 4.36. The van der Waals surface area contributed by atoms with Gasteiger partial charge in [0.1, 0.15) is 17.6 Å². The Morgan fingerprint density at radius 3 is 2.58 bits per heavy atom. The standard InChI is InChI=1S/C19H20ClF3N4O4/c1-29-15-7-6-13(31-19(21,22)23)10-14(15)26-18(28)25-11-2-4-12(5-3-11)30-16-8-9-24-17(20)27-16/h6-12H,2-5H2,1H3,(H2,25,26,28)/t11-,12-. The van der Waals surface area contributed by atoms with Crippen LogP contribution in [0.25, 0.3) is 0 Å². The number of anilines is 1. The number of carbonyl (C=O) groups is 1. The summed E-state index contributed by atoms with van der Waals surface area (Å²) in [7, 11) is 1.34. The number of methoxy groups -OCH3 is 1. The molecule has 2 N–H and O–H groups in total. The van der Waals surface area contributed by atoms with Gasteiger partial charge < -0.3 is 24.8 Å². The van der Waals surface area contributed by atoms with Crippen molar-refractivity contribution in [3.05, 3.63) is 35.7 Å². The van der Waals surface area contributed by atoms with E-state index in [2.05, 4.69) is 25.3 Å². The largest absolute Gasteiger partial charge is 0.573 e. The van der Waals surface area contributed by atoms with Crippen LogP contribution in [0.3, 0.4) is 0 Å². The van der Waals surface area contributed by atoms with Crippen LogP contribution in [0.1, 0.15) is 25.7 Å². The predicted octanol–water partition coefficient (Wildman–Crippen LogP) is 4.55. The second-order valence-corrected chi connectivity index (χ2v) is 7.10. The zero-order valence-electron chi connectivity index (χ0n) is 16.4. The average molecular weight is 461 g/mol. The fourth-order valence-corrected chi connectivity index (χ4v) is 3.35. The average Bonchev–Trinajstić information content (AvgIpc) is 2.68. The molecule has 31 heavy (non-hydrogen) atoms. The molecule has 1 aliphatic carbocycles. The first-order valence-electron chi connectivity index (χ1n) is 9.38. The summed E-state index contributed by atoms with van der Waals surface area (Å²) in [5, 5.41) is 5.42. The lowest BCUT2D eigenvalue weighted by Crippen LogP contribution is -2.41. The molecular formula is C19H20ClF3N4O4. The molecule has 1 aromatic heterocycles. The van der Waals surface area contributed by atoms with Crippen LogP contribution in [-0.4, -0.2) is 41.6 Å². The first-order valence-corrected chi connectivity index (χ1v) is 9.76. The Hall–Kier alpha value is -2.95. The van der Waals surface area contributed by atoms with Gasteiger partial charge in [0.25, 0.3) is 0 Å². The molecule has 168 valence electrons. The van der Waals surface area contributed by atoms with E-state index in [0.717, 1.165) is 12.1 Å². The number of nitrogens with zero attached hydrogens (tertiary/aromatic N) is 2. The molecule has 0 atom stereocenters. The first kappa shape index (κ1) is 22.7. The van der Waals surface area contributed by atoms with Gasteiger partial charge in [0, 0.05) is 24.4 Å². The molecule has 2 aromatic rings. The van der Waals surface area contributed by atoms with E-state index in [0.29, 0.717) is 31.6 Å². The van der Waals surface area contributed by atoms with E-state index in [9.17, 15) is 18.0 Å². The van der Waals surface area contributed by atoms with Crippen molar-refractivity contribution in [1.82, 2.24) is 15.3 Å². The van der Waals surface area contributed by atoms with Crippen molar-refractivity contribution in [2.24, 2.45) is 0 Å². The Morgan fingerprint density at radius 2 is 1.94 bits per heavy atom. The van der Waals surface area contributed by atoms with E-state index in [1.54, 1.807) is 6.07 Å². The number of hydrogen-bond acceptors (Lipinski definition) is 6. The lowest BCUT2D eigenvalue weighted by Gasteiger charge is -2.29. The number of ether oxygens (including phenoxy) is 3. The second-order valence-electron chi connectivity index (χ2n) is 6.76. The highest BCUT2D eigenvalue weighted by atomic mass is 35.5. The summed E-state index contributed by atoms with van der Waals surface area (Å²) in [6.07, 6.45) is -0.716. The zero-order chi connectivity index (χ0) is 22.4. The van der Waals surface area contributed by atoms with Crippen LogP contribution >= 0.6 is 11.6 Å². The molecule has 3 rings (SSSR count). The van der Waals surface area contributed by atoms with E-state index in [1.165, 1.54) is 19.4 Å². The molecule has 12 heteroatoms. The molecule has 1 aromatic carbocycles. The van der Waals surface area contributed by atoms with E-state index >= 15 is 0 Å². The number of rotatable bonds is 6. The van der Waals surface area contributed by atoms with Gasteiger partial charge >= 0.3 is 12.4 Å². The maximum Gasteiger partial charge on any atom is 0.573 e. The van der Waals surface area contributed by atoms with Crippen LogP contribution in [0.15, 0.2) is 30.5 Å². The van der Waals surface area contributed by atoms with Crippen molar-refractivity contribution < 1.29 is 32.2 Å². The number of alkyl halides is 3. The van der Waals surface area contributed by atoms with Crippen LogP contribution in [0.2, 0.25) is 5.28 Å². The van der Waals surface area contributed by atoms with Crippen LogP contribution in [0.5, 0.6) is 17.4 Å². The minimum absolute atomic E-state index is 0.0550. The first-order chi connectivity index (χ1) is 14.7. The molecule has 0 spiro atoms. The van der Waals surface area contributed by atoms with Crippen molar-refractivity contribution in [2.75, 3.05) is 12.4 Å². The van der Waals surface area contributed by atoms with Crippen molar-refractivity contribution in [2.45, 2.75) is 44.2 Å². The Kier molecular flexibility index (Phi) is 7.26. The monoisotopic (exact) mass is 460 g/mol. The van der Waals surface area contributed by atoms with Crippen LogP contribution in [0, 0.1) is 0 Å². The number of benzene rings is 1. The maximum absolute atomic E-state index is 12.4. The molecule has 0 bridgehead atoms. The molecule has 1 aliphatic rings. The molecule has 2 amide bonds. The number of carbonyl (C=O) groups excluding carboxylic acids is 1. The van der Waals surface area contributed by atoms with Gasteiger partial charge in [0.05, 0.1) is 12.8 Å². The van der Waals surface area contributed by atoms with Crippen molar-refractivity contribution in [1.29, 1.82) is 0 Å². The molecule has 0 saturated heterocycles. The van der Waals surface area contributed by atoms with Gasteiger partial charge in [-0.1, -0.05) is 0 Å². The zero-order valence-corrected chi connectivity index (χ0v) is 17.2. The number of hydrogen-bond donors (Lipinski definition) is 2. The third kappa shape index (κ3) is 7.06. The van der Waals surface area contributed by atoms with Gasteiger partial charge in [-0.05, 0) is 49.4 Å². The SMILES string of the molecule is COc1ccc(OC(F)(F)F)cc1NC(=O)N[C@H]1CC[C@H](Oc2ccnc(Cl)n2)CC1. The van der Waals surface area contributed by atoms with Crippen molar-refractivity contribution in [3.8, 4) is 17.4 Å². The van der Waals surface area contributed by atoms with Gasteiger partial charge in [-0.15, -0.1) is 13.2 Å². The Morgan fingerprint density at radius 1 is 1.19 bits per heavy atom. The van der Waals surface area contributed by atoms with Crippen molar-refractivity contribution >= 4 is 23.3 Å². The van der Waals surface area contributed by atoms with E-state index in [4.69, 9.17) is 21.1 Å². The highest BCUT2D eigenvalue weighted by Crippen LogP contribution is 2.32. The minimum atomic E-state index is -4.84. The third-order valence-electron chi connectivity index (χ3n) is 4.55. The minimum Gasteiger partial charge on any atom is -0.495 e.